The molecule has 0 fully saturated rings. The predicted octanol–water partition coefficient (Wildman–Crippen LogP) is 6.08. The molecule has 0 aromatic heterocycles. The molecule has 0 saturated heterocycles. The maximum Gasteiger partial charge on any atom is 0.416 e. The van der Waals surface area contributed by atoms with Gasteiger partial charge in [0.2, 0.25) is 0 Å². The van der Waals surface area contributed by atoms with E-state index in [1.54, 1.807) is 0 Å². The highest BCUT2D eigenvalue weighted by Crippen LogP contribution is 2.38. The molecule has 1 aliphatic heterocycles. The highest BCUT2D eigenvalue weighted by Gasteiger charge is 2.40. The number of carboxylic acids is 1. The van der Waals surface area contributed by atoms with Gasteiger partial charge in [0.25, 0.3) is 10.0 Å². The average molecular weight is 602 g/mol. The van der Waals surface area contributed by atoms with Crippen LogP contribution in [0.5, 0.6) is 5.75 Å². The number of carboxylic acid groups (broad SMARTS) is 1. The summed E-state index contributed by atoms with van der Waals surface area (Å²) in [6.45, 7) is 1.96. The minimum absolute atomic E-state index is 0.0831. The third-order valence-electron chi connectivity index (χ3n) is 6.31. The van der Waals surface area contributed by atoms with E-state index in [1.165, 1.54) is 50.2 Å². The van der Waals surface area contributed by atoms with Crippen molar-refractivity contribution in [3.63, 3.8) is 0 Å². The highest BCUT2D eigenvalue weighted by molar-refractivity contribution is 7.92. The van der Waals surface area contributed by atoms with Crippen molar-refractivity contribution in [3.05, 3.63) is 88.2 Å². The first kappa shape index (κ1) is 29.6. The van der Waals surface area contributed by atoms with E-state index in [4.69, 9.17) is 21.1 Å². The third-order valence-corrected chi connectivity index (χ3v) is 8.44. The van der Waals surface area contributed by atoms with Crippen LogP contribution in [0.3, 0.4) is 0 Å². The largest absolute Gasteiger partial charge is 0.489 e. The van der Waals surface area contributed by atoms with E-state index in [1.807, 2.05) is 0 Å². The van der Waals surface area contributed by atoms with Crippen LogP contribution >= 0.6 is 11.6 Å². The van der Waals surface area contributed by atoms with Gasteiger partial charge in [-0.25, -0.2) is 17.6 Å². The normalized spacial score (nSPS) is 16.0. The average Bonchev–Trinajstić information content (AvgIpc) is 2.87. The van der Waals surface area contributed by atoms with E-state index in [2.05, 4.69) is 0 Å². The fraction of sp³-hybridized carbons (Fsp3) is 0.296. The van der Waals surface area contributed by atoms with E-state index in [9.17, 15) is 35.9 Å². The monoisotopic (exact) mass is 601 g/mol. The van der Waals surface area contributed by atoms with Gasteiger partial charge in [-0.3, -0.25) is 4.31 Å². The molecule has 214 valence electrons. The molecule has 0 saturated carbocycles. The van der Waals surface area contributed by atoms with Crippen LogP contribution in [0.25, 0.3) is 0 Å². The molecule has 0 radical (unpaired) electrons. The van der Waals surface area contributed by atoms with Gasteiger partial charge < -0.3 is 14.6 Å². The highest BCUT2D eigenvalue weighted by atomic mass is 35.5. The summed E-state index contributed by atoms with van der Waals surface area (Å²) in [6.07, 6.45) is -5.61. The SMILES string of the molecule is CC(C)(OC1Cc2ccc(OCc3c(F)cccc3Cl)cc2N(S(=O)(=O)c2cccc(C(F)(F)F)c2)C1)C(=O)O. The number of rotatable bonds is 8. The molecule has 3 aromatic rings. The minimum Gasteiger partial charge on any atom is -0.489 e. The minimum atomic E-state index is -4.78. The fourth-order valence-corrected chi connectivity index (χ4v) is 5.98. The van der Waals surface area contributed by atoms with Gasteiger partial charge in [0.05, 0.1) is 33.8 Å². The lowest BCUT2D eigenvalue weighted by atomic mass is 10.00. The van der Waals surface area contributed by atoms with Gasteiger partial charge in [0.1, 0.15) is 18.2 Å². The topological polar surface area (TPSA) is 93.1 Å². The summed E-state index contributed by atoms with van der Waals surface area (Å²) in [5.41, 5.74) is -2.22. The first-order chi connectivity index (χ1) is 18.6. The zero-order valence-corrected chi connectivity index (χ0v) is 22.8. The lowest BCUT2D eigenvalue weighted by Gasteiger charge is -2.38. The number of halogens is 5. The van der Waals surface area contributed by atoms with Gasteiger partial charge in [-0.05, 0) is 55.8 Å². The molecule has 0 bridgehead atoms. The number of alkyl halides is 3. The van der Waals surface area contributed by atoms with Crippen molar-refractivity contribution in [1.82, 2.24) is 0 Å². The summed E-state index contributed by atoms with van der Waals surface area (Å²) in [5.74, 6) is -1.73. The van der Waals surface area contributed by atoms with Gasteiger partial charge in [-0.15, -0.1) is 0 Å². The number of aliphatic carboxylic acids is 1. The number of hydrogen-bond acceptors (Lipinski definition) is 5. The molecule has 1 heterocycles. The smallest absolute Gasteiger partial charge is 0.416 e. The molecule has 1 aliphatic rings. The summed E-state index contributed by atoms with van der Waals surface area (Å²) in [5, 5.41) is 9.62. The van der Waals surface area contributed by atoms with Crippen LogP contribution in [-0.2, 0) is 38.8 Å². The lowest BCUT2D eigenvalue weighted by molar-refractivity contribution is -0.167. The van der Waals surface area contributed by atoms with Gasteiger partial charge in [0, 0.05) is 18.1 Å². The quantitative estimate of drug-likeness (QED) is 0.315. The summed E-state index contributed by atoms with van der Waals surface area (Å²) in [6, 6.07) is 11.8. The number of hydrogen-bond donors (Lipinski definition) is 1. The van der Waals surface area contributed by atoms with Gasteiger partial charge in [-0.1, -0.05) is 29.8 Å². The molecule has 0 aliphatic carbocycles. The molecule has 1 unspecified atom stereocenters. The van der Waals surface area contributed by atoms with Crippen LogP contribution < -0.4 is 9.04 Å². The molecular formula is C27H24ClF4NO6S. The Morgan fingerprint density at radius 3 is 2.45 bits per heavy atom. The molecular weight excluding hydrogens is 578 g/mol. The first-order valence-electron chi connectivity index (χ1n) is 11.9. The van der Waals surface area contributed by atoms with Crippen LogP contribution in [0.15, 0.2) is 65.6 Å². The summed E-state index contributed by atoms with van der Waals surface area (Å²) in [4.78, 5) is 11.0. The van der Waals surface area contributed by atoms with Crippen LogP contribution in [0.2, 0.25) is 5.02 Å². The summed E-state index contributed by atoms with van der Waals surface area (Å²) >= 11 is 6.05. The van der Waals surface area contributed by atoms with Crippen LogP contribution in [0, 0.1) is 5.82 Å². The Labute approximate surface area is 232 Å². The van der Waals surface area contributed by atoms with Crippen molar-refractivity contribution in [3.8, 4) is 5.75 Å². The van der Waals surface area contributed by atoms with Crippen LogP contribution in [-0.4, -0.2) is 37.7 Å². The van der Waals surface area contributed by atoms with Crippen molar-refractivity contribution in [2.24, 2.45) is 0 Å². The predicted molar refractivity (Wildman–Crippen MR) is 138 cm³/mol. The summed E-state index contributed by atoms with van der Waals surface area (Å²) in [7, 11) is -4.60. The summed E-state index contributed by atoms with van der Waals surface area (Å²) < 4.78 is 94.0. The molecule has 40 heavy (non-hydrogen) atoms. The zero-order valence-electron chi connectivity index (χ0n) is 21.2. The van der Waals surface area contributed by atoms with E-state index in [0.717, 1.165) is 22.5 Å². The van der Waals surface area contributed by atoms with Crippen molar-refractivity contribution < 1.29 is 45.4 Å². The molecule has 13 heteroatoms. The number of fused-ring (bicyclic) bond motifs is 1. The van der Waals surface area contributed by atoms with Crippen molar-refractivity contribution in [2.45, 2.75) is 49.7 Å². The zero-order chi connectivity index (χ0) is 29.5. The molecule has 0 amide bonds. The Balaban J connectivity index is 1.74. The maximum atomic E-state index is 14.2. The van der Waals surface area contributed by atoms with E-state index >= 15 is 0 Å². The number of anilines is 1. The third kappa shape index (κ3) is 6.18. The van der Waals surface area contributed by atoms with Gasteiger partial charge >= 0.3 is 12.1 Å². The first-order valence-corrected chi connectivity index (χ1v) is 13.7. The Kier molecular flexibility index (Phi) is 8.08. The number of sulfonamides is 1. The van der Waals surface area contributed by atoms with Crippen molar-refractivity contribution in [1.29, 1.82) is 0 Å². The number of carbonyl (C=O) groups is 1. The number of benzene rings is 3. The Morgan fingerprint density at radius 1 is 1.10 bits per heavy atom. The standard InChI is InChI=1S/C27H24ClF4NO6S/c1-26(2,25(34)35)39-19-11-16-9-10-18(38-15-21-22(28)7-4-8-23(21)29)13-24(16)33(14-19)40(36,37)20-6-3-5-17(12-20)27(30,31)32/h3-10,12-13,19H,11,14-15H2,1-2H3,(H,34,35). The number of nitrogens with zero attached hydrogens (tertiary/aromatic N) is 1. The fourth-order valence-electron chi connectivity index (χ4n) is 4.19. The van der Waals surface area contributed by atoms with Crippen LogP contribution in [0.4, 0.5) is 23.2 Å². The lowest BCUT2D eigenvalue weighted by Crippen LogP contribution is -2.48. The molecule has 1 N–H and O–H groups in total. The molecule has 7 nitrogen and oxygen atoms in total. The Bertz CT molecular complexity index is 1520. The second-order valence-electron chi connectivity index (χ2n) is 9.60. The van der Waals surface area contributed by atoms with Crippen molar-refractivity contribution in [2.75, 3.05) is 10.8 Å². The van der Waals surface area contributed by atoms with Crippen LogP contribution in [0.1, 0.15) is 30.5 Å². The number of ether oxygens (including phenoxy) is 2. The van der Waals surface area contributed by atoms with E-state index < -0.39 is 50.2 Å². The van der Waals surface area contributed by atoms with Gasteiger partial charge in [-0.2, -0.15) is 13.2 Å². The second kappa shape index (κ2) is 10.9. The second-order valence-corrected chi connectivity index (χ2v) is 11.9. The molecule has 3 aromatic carbocycles. The van der Waals surface area contributed by atoms with Gasteiger partial charge in [0.15, 0.2) is 5.60 Å². The molecule has 0 spiro atoms. The molecule has 1 atom stereocenters. The van der Waals surface area contributed by atoms with E-state index in [0.29, 0.717) is 11.6 Å². The molecule has 4 rings (SSSR count). The maximum absolute atomic E-state index is 14.2. The Hall–Kier alpha value is -3.35. The van der Waals surface area contributed by atoms with E-state index in [-0.39, 0.29) is 41.6 Å². The Morgan fingerprint density at radius 2 is 1.80 bits per heavy atom. The van der Waals surface area contributed by atoms with Crippen molar-refractivity contribution >= 4 is 33.3 Å².